The summed E-state index contributed by atoms with van der Waals surface area (Å²) in [6, 6.07) is 4.01. The van der Waals surface area contributed by atoms with E-state index in [2.05, 4.69) is 27.3 Å². The first-order chi connectivity index (χ1) is 14.4. The van der Waals surface area contributed by atoms with Crippen LogP contribution in [0.3, 0.4) is 0 Å². The van der Waals surface area contributed by atoms with Crippen molar-refractivity contribution >= 4 is 29.9 Å². The molecule has 0 aliphatic heterocycles. The number of methoxy groups -OCH3 is 3. The minimum Gasteiger partial charge on any atom is -0.493 e. The Hall–Kier alpha value is -2.08. The van der Waals surface area contributed by atoms with E-state index in [0.29, 0.717) is 25.4 Å². The zero-order valence-electron chi connectivity index (χ0n) is 19.6. The van der Waals surface area contributed by atoms with Crippen LogP contribution in [-0.4, -0.2) is 67.2 Å². The van der Waals surface area contributed by atoms with Crippen molar-refractivity contribution in [2.45, 2.75) is 33.4 Å². The quantitative estimate of drug-likeness (QED) is 0.212. The summed E-state index contributed by atoms with van der Waals surface area (Å²) in [5.74, 6) is 3.92. The van der Waals surface area contributed by atoms with Gasteiger partial charge in [0.25, 0.3) is 0 Å². The van der Waals surface area contributed by atoms with Crippen molar-refractivity contribution in [2.75, 3.05) is 41.5 Å². The van der Waals surface area contributed by atoms with Crippen LogP contribution in [0.25, 0.3) is 0 Å². The van der Waals surface area contributed by atoms with Gasteiger partial charge in [0.2, 0.25) is 0 Å². The zero-order chi connectivity index (χ0) is 22.1. The second-order valence-corrected chi connectivity index (χ2v) is 7.13. The van der Waals surface area contributed by atoms with E-state index in [9.17, 15) is 0 Å². The molecule has 0 aliphatic carbocycles. The number of hydrogen-bond donors (Lipinski definition) is 1. The predicted octanol–water partition coefficient (Wildman–Crippen LogP) is 2.68. The molecular weight excluding hydrogens is 511 g/mol. The van der Waals surface area contributed by atoms with Gasteiger partial charge < -0.3 is 29.0 Å². The van der Waals surface area contributed by atoms with Gasteiger partial charge in [-0.2, -0.15) is 0 Å². The lowest BCUT2D eigenvalue weighted by molar-refractivity contribution is 0.195. The van der Waals surface area contributed by atoms with Crippen molar-refractivity contribution in [3.05, 3.63) is 34.9 Å². The van der Waals surface area contributed by atoms with Crippen LogP contribution < -0.4 is 14.8 Å². The van der Waals surface area contributed by atoms with Crippen LogP contribution in [0.1, 0.15) is 29.2 Å². The third-order valence-corrected chi connectivity index (χ3v) is 4.97. The molecule has 0 aliphatic rings. The van der Waals surface area contributed by atoms with Gasteiger partial charge in [-0.15, -0.1) is 34.2 Å². The molecule has 1 aromatic carbocycles. The van der Waals surface area contributed by atoms with Gasteiger partial charge in [-0.1, -0.05) is 0 Å². The molecule has 2 aromatic rings. The van der Waals surface area contributed by atoms with E-state index < -0.39 is 0 Å². The molecule has 1 N–H and O–H groups in total. The predicted molar refractivity (Wildman–Crippen MR) is 133 cm³/mol. The normalized spacial score (nSPS) is 11.1. The molecule has 0 radical (unpaired) electrons. The van der Waals surface area contributed by atoms with Crippen molar-refractivity contribution in [2.24, 2.45) is 12.0 Å². The van der Waals surface area contributed by atoms with Crippen LogP contribution in [0.4, 0.5) is 0 Å². The maximum absolute atomic E-state index is 5.47. The number of rotatable bonds is 10. The fourth-order valence-corrected chi connectivity index (χ4v) is 2.99. The largest absolute Gasteiger partial charge is 0.493 e. The summed E-state index contributed by atoms with van der Waals surface area (Å²) < 4.78 is 18.0. The monoisotopic (exact) mass is 546 g/mol. The molecule has 0 unspecified atom stereocenters. The number of ether oxygens (including phenoxy) is 3. The number of benzene rings is 1. The summed E-state index contributed by atoms with van der Waals surface area (Å²) in [6.45, 7) is 6.56. The Morgan fingerprint density at radius 3 is 2.39 bits per heavy atom. The lowest BCUT2D eigenvalue weighted by Gasteiger charge is -2.24. The average Bonchev–Trinajstić information content (AvgIpc) is 3.06. The van der Waals surface area contributed by atoms with Crippen molar-refractivity contribution in [1.82, 2.24) is 25.0 Å². The maximum atomic E-state index is 5.47. The number of aromatic nitrogens is 3. The molecule has 1 aromatic heterocycles. The van der Waals surface area contributed by atoms with Gasteiger partial charge in [-0.05, 0) is 43.5 Å². The fraction of sp³-hybridized carbons (Fsp3) is 0.571. The molecule has 0 saturated carbocycles. The lowest BCUT2D eigenvalue weighted by Crippen LogP contribution is -2.39. The Morgan fingerprint density at radius 2 is 1.81 bits per heavy atom. The lowest BCUT2D eigenvalue weighted by atomic mass is 10.1. The van der Waals surface area contributed by atoms with Crippen LogP contribution in [0.15, 0.2) is 17.1 Å². The molecule has 1 heterocycles. The van der Waals surface area contributed by atoms with Crippen LogP contribution in [0.5, 0.6) is 11.5 Å². The first-order valence-electron chi connectivity index (χ1n) is 9.96. The molecule has 9 nitrogen and oxygen atoms in total. The minimum atomic E-state index is 0. The number of hydrogen-bond acceptors (Lipinski definition) is 6. The number of nitrogens with zero attached hydrogens (tertiary/aromatic N) is 5. The Morgan fingerprint density at radius 1 is 1.13 bits per heavy atom. The molecule has 0 spiro atoms. The number of nitrogens with one attached hydrogen (secondary N) is 1. The summed E-state index contributed by atoms with van der Waals surface area (Å²) in [5, 5.41) is 11.7. The highest BCUT2D eigenvalue weighted by Crippen LogP contribution is 2.30. The Bertz CT molecular complexity index is 856. The van der Waals surface area contributed by atoms with Crippen LogP contribution in [0.2, 0.25) is 0 Å². The number of aliphatic imine (C=N–C) groups is 1. The molecule has 2 rings (SSSR count). The first-order valence-corrected chi connectivity index (χ1v) is 9.96. The zero-order valence-corrected chi connectivity index (χ0v) is 21.9. The average molecular weight is 546 g/mol. The van der Waals surface area contributed by atoms with Crippen molar-refractivity contribution < 1.29 is 14.2 Å². The molecule has 0 amide bonds. The highest BCUT2D eigenvalue weighted by atomic mass is 127. The number of halogens is 1. The second-order valence-electron chi connectivity index (χ2n) is 7.13. The molecule has 0 atom stereocenters. The molecule has 31 heavy (non-hydrogen) atoms. The highest BCUT2D eigenvalue weighted by Gasteiger charge is 2.13. The third kappa shape index (κ3) is 7.53. The Labute approximate surface area is 202 Å². The topological polar surface area (TPSA) is 86.0 Å². The van der Waals surface area contributed by atoms with Crippen LogP contribution in [-0.2, 0) is 24.9 Å². The van der Waals surface area contributed by atoms with Crippen LogP contribution in [0, 0.1) is 13.8 Å². The van der Waals surface area contributed by atoms with E-state index in [4.69, 9.17) is 19.2 Å². The molecule has 174 valence electrons. The van der Waals surface area contributed by atoms with Gasteiger partial charge in [0.1, 0.15) is 12.4 Å². The second kappa shape index (κ2) is 13.4. The van der Waals surface area contributed by atoms with Crippen molar-refractivity contribution in [3.63, 3.8) is 0 Å². The van der Waals surface area contributed by atoms with Gasteiger partial charge in [0, 0.05) is 40.9 Å². The summed E-state index contributed by atoms with van der Waals surface area (Å²) in [5.41, 5.74) is 2.26. The molecule has 10 heteroatoms. The SMILES string of the molecule is COCCCNC(=NCc1nnc(C)n1C)N(C)Cc1cc(OC)c(OC)cc1C.I. The van der Waals surface area contributed by atoms with Gasteiger partial charge >= 0.3 is 0 Å². The van der Waals surface area contributed by atoms with E-state index in [-0.39, 0.29) is 24.0 Å². The first kappa shape index (κ1) is 27.0. The minimum absolute atomic E-state index is 0. The smallest absolute Gasteiger partial charge is 0.194 e. The maximum Gasteiger partial charge on any atom is 0.194 e. The summed E-state index contributed by atoms with van der Waals surface area (Å²) >= 11 is 0. The van der Waals surface area contributed by atoms with Gasteiger partial charge in [-0.25, -0.2) is 4.99 Å². The fourth-order valence-electron chi connectivity index (χ4n) is 2.99. The van der Waals surface area contributed by atoms with Crippen molar-refractivity contribution in [3.8, 4) is 11.5 Å². The van der Waals surface area contributed by atoms with Gasteiger partial charge in [0.05, 0.1) is 14.2 Å². The standard InChI is InChI=1S/C21H34N6O3.HI/c1-15-11-18(29-6)19(30-7)12-17(15)14-26(3)21(22-9-8-10-28-5)23-13-20-25-24-16(2)27(20)4;/h11-12H,8-10,13-14H2,1-7H3,(H,22,23);1H. The number of guanidine groups is 1. The van der Waals surface area contributed by atoms with E-state index in [1.165, 1.54) is 0 Å². The van der Waals surface area contributed by atoms with E-state index in [1.54, 1.807) is 21.3 Å². The molecular formula is C21H35IN6O3. The highest BCUT2D eigenvalue weighted by molar-refractivity contribution is 14.0. The van der Waals surface area contributed by atoms with E-state index in [0.717, 1.165) is 47.5 Å². The summed E-state index contributed by atoms with van der Waals surface area (Å²) in [7, 11) is 8.96. The molecule has 0 bridgehead atoms. The Kier molecular flexibility index (Phi) is 11.6. The van der Waals surface area contributed by atoms with E-state index >= 15 is 0 Å². The summed E-state index contributed by atoms with van der Waals surface area (Å²) in [4.78, 5) is 6.87. The third-order valence-electron chi connectivity index (χ3n) is 4.97. The molecule has 0 fully saturated rings. The number of aryl methyl sites for hydroxylation is 2. The van der Waals surface area contributed by atoms with Crippen LogP contribution >= 0.6 is 24.0 Å². The van der Waals surface area contributed by atoms with Gasteiger partial charge in [0.15, 0.2) is 23.3 Å². The Balaban J connectivity index is 0.00000480. The molecule has 0 saturated heterocycles. The van der Waals surface area contributed by atoms with E-state index in [1.807, 2.05) is 37.7 Å². The summed E-state index contributed by atoms with van der Waals surface area (Å²) in [6.07, 6.45) is 0.891. The van der Waals surface area contributed by atoms with Gasteiger partial charge in [-0.3, -0.25) is 0 Å². The van der Waals surface area contributed by atoms with Crippen molar-refractivity contribution in [1.29, 1.82) is 0 Å².